The second-order valence-electron chi connectivity index (χ2n) is 13.8. The highest BCUT2D eigenvalue weighted by Gasteiger charge is 2.38. The molecule has 228 valence electrons. The van der Waals surface area contributed by atoms with Crippen LogP contribution in [0.5, 0.6) is 0 Å². The van der Waals surface area contributed by atoms with E-state index in [1.54, 1.807) is 11.3 Å². The Labute approximate surface area is 279 Å². The first kappa shape index (κ1) is 28.1. The number of para-hydroxylation sites is 4. The van der Waals surface area contributed by atoms with Crippen LogP contribution in [0.4, 0.5) is 34.1 Å². The van der Waals surface area contributed by atoms with Crippen molar-refractivity contribution in [3.05, 3.63) is 166 Å². The van der Waals surface area contributed by atoms with Crippen LogP contribution in [0.2, 0.25) is 0 Å². The van der Waals surface area contributed by atoms with Crippen LogP contribution in [0.1, 0.15) is 49.9 Å². The number of benzene rings is 6. The molecular formula is C43H34N2OS. The SMILES string of the molecule is CC1(C)c2ccccc2N(c2ccc3sc4ccc(N5c6ccccc6C(C)(C)c6ccccc65)cc4c(=O)c3c2)c2ccccc21. The third kappa shape index (κ3) is 3.95. The molecule has 0 N–H and O–H groups in total. The van der Waals surface area contributed by atoms with E-state index in [0.29, 0.717) is 0 Å². The van der Waals surface area contributed by atoms with Crippen molar-refractivity contribution in [1.82, 2.24) is 0 Å². The fourth-order valence-electron chi connectivity index (χ4n) is 8.01. The molecule has 2 aliphatic rings. The molecule has 0 saturated heterocycles. The largest absolute Gasteiger partial charge is 0.310 e. The monoisotopic (exact) mass is 626 g/mol. The van der Waals surface area contributed by atoms with Gasteiger partial charge in [0.25, 0.3) is 0 Å². The number of hydrogen-bond acceptors (Lipinski definition) is 4. The summed E-state index contributed by atoms with van der Waals surface area (Å²) >= 11 is 1.68. The maximum Gasteiger partial charge on any atom is 0.196 e. The van der Waals surface area contributed by atoms with E-state index in [-0.39, 0.29) is 16.3 Å². The molecule has 0 atom stereocenters. The van der Waals surface area contributed by atoms with Crippen LogP contribution in [-0.2, 0) is 10.8 Å². The van der Waals surface area contributed by atoms with E-state index >= 15 is 0 Å². The Balaban J connectivity index is 1.24. The van der Waals surface area contributed by atoms with Crippen molar-refractivity contribution in [2.45, 2.75) is 38.5 Å². The van der Waals surface area contributed by atoms with E-state index in [2.05, 4.69) is 171 Å². The van der Waals surface area contributed by atoms with E-state index in [1.165, 1.54) is 22.3 Å². The Kier molecular flexibility index (Phi) is 5.91. The molecule has 7 aromatic rings. The van der Waals surface area contributed by atoms with Crippen molar-refractivity contribution in [2.24, 2.45) is 0 Å². The molecule has 47 heavy (non-hydrogen) atoms. The van der Waals surface area contributed by atoms with Gasteiger partial charge in [-0.25, -0.2) is 0 Å². The van der Waals surface area contributed by atoms with E-state index in [0.717, 1.165) is 54.3 Å². The Hall–Kier alpha value is -5.19. The lowest BCUT2D eigenvalue weighted by molar-refractivity contribution is 0.632. The van der Waals surface area contributed by atoms with Crippen molar-refractivity contribution >= 4 is 65.6 Å². The predicted octanol–water partition coefficient (Wildman–Crippen LogP) is 11.6. The average Bonchev–Trinajstić information content (AvgIpc) is 3.09. The van der Waals surface area contributed by atoms with Gasteiger partial charge in [-0.05, 0) is 82.9 Å². The van der Waals surface area contributed by atoms with Gasteiger partial charge in [0, 0.05) is 42.4 Å². The van der Waals surface area contributed by atoms with Gasteiger partial charge in [-0.1, -0.05) is 100 Å². The van der Waals surface area contributed by atoms with Crippen LogP contribution in [0, 0.1) is 0 Å². The fraction of sp³-hybridized carbons (Fsp3) is 0.140. The van der Waals surface area contributed by atoms with Crippen molar-refractivity contribution < 1.29 is 0 Å². The third-order valence-electron chi connectivity index (χ3n) is 10.4. The summed E-state index contributed by atoms with van der Waals surface area (Å²) in [5.74, 6) is 0. The molecule has 1 aromatic heterocycles. The number of nitrogens with zero attached hydrogens (tertiary/aromatic N) is 2. The van der Waals surface area contributed by atoms with Gasteiger partial charge in [0.1, 0.15) is 0 Å². The van der Waals surface area contributed by atoms with E-state index < -0.39 is 0 Å². The first-order chi connectivity index (χ1) is 22.7. The summed E-state index contributed by atoms with van der Waals surface area (Å²) in [7, 11) is 0. The second-order valence-corrected chi connectivity index (χ2v) is 14.9. The van der Waals surface area contributed by atoms with Crippen molar-refractivity contribution in [3.8, 4) is 0 Å². The number of anilines is 6. The lowest BCUT2D eigenvalue weighted by Gasteiger charge is -2.42. The summed E-state index contributed by atoms with van der Waals surface area (Å²) < 4.78 is 1.99. The number of hydrogen-bond donors (Lipinski definition) is 0. The number of fused-ring (bicyclic) bond motifs is 6. The summed E-state index contributed by atoms with van der Waals surface area (Å²) in [4.78, 5) is 19.2. The molecule has 4 heteroatoms. The zero-order chi connectivity index (χ0) is 32.1. The van der Waals surface area contributed by atoms with Crippen LogP contribution in [0.25, 0.3) is 20.2 Å². The molecule has 3 heterocycles. The highest BCUT2D eigenvalue weighted by molar-refractivity contribution is 7.24. The van der Waals surface area contributed by atoms with Gasteiger partial charge in [-0.3, -0.25) is 4.79 Å². The summed E-state index contributed by atoms with van der Waals surface area (Å²) in [6.45, 7) is 9.18. The molecule has 2 aliphatic heterocycles. The maximum absolute atomic E-state index is 14.5. The molecule has 0 unspecified atom stereocenters. The Bertz CT molecular complexity index is 2210. The molecule has 6 aromatic carbocycles. The van der Waals surface area contributed by atoms with Crippen LogP contribution in [-0.4, -0.2) is 0 Å². The van der Waals surface area contributed by atoms with Crippen LogP contribution in [0.15, 0.2) is 138 Å². The Morgan fingerprint density at radius 3 is 1.11 bits per heavy atom. The third-order valence-corrected chi connectivity index (χ3v) is 11.6. The van der Waals surface area contributed by atoms with Gasteiger partial charge in [0.15, 0.2) is 5.43 Å². The zero-order valence-electron chi connectivity index (χ0n) is 26.9. The lowest BCUT2D eigenvalue weighted by Crippen LogP contribution is -2.30. The topological polar surface area (TPSA) is 23.6 Å². The van der Waals surface area contributed by atoms with Crippen LogP contribution < -0.4 is 15.2 Å². The Morgan fingerprint density at radius 1 is 0.447 bits per heavy atom. The molecular weight excluding hydrogens is 593 g/mol. The zero-order valence-corrected chi connectivity index (χ0v) is 27.7. The summed E-state index contributed by atoms with van der Waals surface area (Å²) in [5, 5.41) is 1.50. The lowest BCUT2D eigenvalue weighted by atomic mass is 9.73. The molecule has 0 fully saturated rings. The summed E-state index contributed by atoms with van der Waals surface area (Å²) in [5.41, 5.74) is 11.5. The van der Waals surface area contributed by atoms with Crippen LogP contribution >= 0.6 is 11.3 Å². The quantitative estimate of drug-likeness (QED) is 0.178. The standard InChI is InChI=1S/C43H34N2OS/c1-42(2)31-13-5-9-17-35(31)44(36-18-10-6-14-32(36)42)27-21-23-39-29(25-27)41(46)30-26-28(22-24-40(30)47-39)45-37-19-11-7-15-33(37)43(3,4)34-16-8-12-20-38(34)45/h5-26H,1-4H3. The second kappa shape index (κ2) is 9.90. The van der Waals surface area contributed by atoms with Gasteiger partial charge in [-0.15, -0.1) is 11.3 Å². The summed E-state index contributed by atoms with van der Waals surface area (Å²) in [6.07, 6.45) is 0. The molecule has 0 radical (unpaired) electrons. The molecule has 0 spiro atoms. The van der Waals surface area contributed by atoms with Gasteiger partial charge >= 0.3 is 0 Å². The first-order valence-corrected chi connectivity index (χ1v) is 17.1. The minimum atomic E-state index is -0.139. The molecule has 3 nitrogen and oxygen atoms in total. The van der Waals surface area contributed by atoms with E-state index in [4.69, 9.17) is 0 Å². The molecule has 9 rings (SSSR count). The Morgan fingerprint density at radius 2 is 0.766 bits per heavy atom. The molecule has 0 amide bonds. The summed E-state index contributed by atoms with van der Waals surface area (Å²) in [6, 6.07) is 47.3. The molecule has 0 aliphatic carbocycles. The van der Waals surface area contributed by atoms with Gasteiger partial charge in [0.2, 0.25) is 0 Å². The van der Waals surface area contributed by atoms with E-state index in [9.17, 15) is 4.79 Å². The minimum Gasteiger partial charge on any atom is -0.310 e. The number of rotatable bonds is 2. The van der Waals surface area contributed by atoms with Gasteiger partial charge < -0.3 is 9.80 Å². The maximum atomic E-state index is 14.5. The highest BCUT2D eigenvalue weighted by Crippen LogP contribution is 2.53. The van der Waals surface area contributed by atoms with Gasteiger partial charge in [-0.2, -0.15) is 0 Å². The molecule has 0 bridgehead atoms. The van der Waals surface area contributed by atoms with E-state index in [1.807, 2.05) is 0 Å². The van der Waals surface area contributed by atoms with Crippen molar-refractivity contribution in [3.63, 3.8) is 0 Å². The van der Waals surface area contributed by atoms with Crippen molar-refractivity contribution in [2.75, 3.05) is 9.80 Å². The minimum absolute atomic E-state index is 0.0651. The van der Waals surface area contributed by atoms with Crippen LogP contribution in [0.3, 0.4) is 0 Å². The highest BCUT2D eigenvalue weighted by atomic mass is 32.1. The smallest absolute Gasteiger partial charge is 0.196 e. The van der Waals surface area contributed by atoms with Crippen molar-refractivity contribution in [1.29, 1.82) is 0 Å². The first-order valence-electron chi connectivity index (χ1n) is 16.2. The fourth-order valence-corrected chi connectivity index (χ4v) is 9.04. The molecule has 0 saturated carbocycles. The average molecular weight is 627 g/mol. The van der Waals surface area contributed by atoms with Gasteiger partial charge in [0.05, 0.1) is 22.7 Å². The normalized spacial score (nSPS) is 15.6. The predicted molar refractivity (Wildman–Crippen MR) is 199 cm³/mol.